The van der Waals surface area contributed by atoms with E-state index in [9.17, 15) is 0 Å². The smallest absolute Gasteiger partial charge is 0.170 e. The number of nitrogens with zero attached hydrogens (tertiary/aromatic N) is 4. The number of pyridine rings is 1. The molecule has 0 amide bonds. The van der Waals surface area contributed by atoms with Gasteiger partial charge in [0.1, 0.15) is 5.75 Å². The van der Waals surface area contributed by atoms with Crippen LogP contribution in [0.2, 0.25) is 0 Å². The second-order valence-electron chi connectivity index (χ2n) is 7.98. The number of ether oxygens (including phenoxy) is 1. The molecule has 4 rings (SSSR count). The van der Waals surface area contributed by atoms with Gasteiger partial charge >= 0.3 is 0 Å². The second kappa shape index (κ2) is 9.49. The summed E-state index contributed by atoms with van der Waals surface area (Å²) < 4.78 is 7.67. The lowest BCUT2D eigenvalue weighted by atomic mass is 10.0. The Morgan fingerprint density at radius 3 is 2.74 bits per heavy atom. The van der Waals surface area contributed by atoms with E-state index in [2.05, 4.69) is 75.3 Å². The van der Waals surface area contributed by atoms with Crippen molar-refractivity contribution in [1.29, 1.82) is 0 Å². The van der Waals surface area contributed by atoms with Gasteiger partial charge in [-0.15, -0.1) is 0 Å². The number of rotatable bonds is 8. The van der Waals surface area contributed by atoms with Crippen LogP contribution < -0.4 is 10.1 Å². The maximum Gasteiger partial charge on any atom is 0.170 e. The third kappa shape index (κ3) is 4.57. The molecule has 0 aliphatic carbocycles. The van der Waals surface area contributed by atoms with Gasteiger partial charge in [-0.05, 0) is 75.7 Å². The molecule has 1 fully saturated rings. The lowest BCUT2D eigenvalue weighted by Gasteiger charge is -2.29. The van der Waals surface area contributed by atoms with Gasteiger partial charge in [0.2, 0.25) is 0 Å². The van der Waals surface area contributed by atoms with Crippen molar-refractivity contribution in [1.82, 2.24) is 24.7 Å². The molecule has 2 atom stereocenters. The average molecular weight is 436 g/mol. The van der Waals surface area contributed by atoms with Crippen LogP contribution >= 0.6 is 12.2 Å². The average Bonchev–Trinajstić information content (AvgIpc) is 3.39. The van der Waals surface area contributed by atoms with Crippen molar-refractivity contribution in [2.24, 2.45) is 0 Å². The zero-order valence-corrected chi connectivity index (χ0v) is 19.0. The van der Waals surface area contributed by atoms with Gasteiger partial charge < -0.3 is 24.4 Å². The van der Waals surface area contributed by atoms with E-state index in [-0.39, 0.29) is 12.1 Å². The fourth-order valence-corrected chi connectivity index (χ4v) is 4.49. The van der Waals surface area contributed by atoms with Gasteiger partial charge in [-0.3, -0.25) is 4.98 Å². The Balaban J connectivity index is 1.74. The molecule has 7 heteroatoms. The van der Waals surface area contributed by atoms with Crippen LogP contribution in [-0.4, -0.2) is 58.8 Å². The van der Waals surface area contributed by atoms with E-state index in [1.54, 1.807) is 7.11 Å². The van der Waals surface area contributed by atoms with Crippen molar-refractivity contribution < 1.29 is 4.74 Å². The molecule has 1 aromatic carbocycles. The number of nitrogens with one attached hydrogen (secondary N) is 1. The maximum atomic E-state index is 5.79. The first-order valence-electron chi connectivity index (χ1n) is 10.5. The first-order valence-corrected chi connectivity index (χ1v) is 10.9. The Morgan fingerprint density at radius 2 is 2.00 bits per heavy atom. The lowest BCUT2D eigenvalue weighted by molar-refractivity contribution is 0.286. The minimum atomic E-state index is -0.0210. The van der Waals surface area contributed by atoms with E-state index in [1.807, 2.05) is 30.5 Å². The van der Waals surface area contributed by atoms with E-state index >= 15 is 0 Å². The molecule has 162 valence electrons. The van der Waals surface area contributed by atoms with Crippen LogP contribution in [0, 0.1) is 0 Å². The molecule has 0 radical (unpaired) electrons. The summed E-state index contributed by atoms with van der Waals surface area (Å²) in [6.07, 6.45) is 4.96. The highest BCUT2D eigenvalue weighted by Gasteiger charge is 2.40. The van der Waals surface area contributed by atoms with Gasteiger partial charge in [0.05, 0.1) is 24.9 Å². The summed E-state index contributed by atoms with van der Waals surface area (Å²) in [5.41, 5.74) is 3.22. The maximum absolute atomic E-state index is 5.79. The lowest BCUT2D eigenvalue weighted by Crippen LogP contribution is -2.32. The van der Waals surface area contributed by atoms with E-state index in [0.29, 0.717) is 0 Å². The summed E-state index contributed by atoms with van der Waals surface area (Å²) in [6, 6.07) is 18.4. The van der Waals surface area contributed by atoms with E-state index in [4.69, 9.17) is 17.0 Å². The van der Waals surface area contributed by atoms with Crippen LogP contribution in [0.4, 0.5) is 0 Å². The number of hydrogen-bond acceptors (Lipinski definition) is 4. The number of thiocarbonyl (C=S) groups is 1. The molecule has 0 bridgehead atoms. The Kier molecular flexibility index (Phi) is 6.53. The quantitative estimate of drug-likeness (QED) is 0.543. The normalized spacial score (nSPS) is 18.5. The first kappa shape index (κ1) is 21.3. The first-order chi connectivity index (χ1) is 15.1. The largest absolute Gasteiger partial charge is 0.497 e. The number of aromatic nitrogens is 2. The summed E-state index contributed by atoms with van der Waals surface area (Å²) >= 11 is 5.79. The zero-order valence-electron chi connectivity index (χ0n) is 18.2. The minimum Gasteiger partial charge on any atom is -0.497 e. The Bertz CT molecular complexity index is 1020. The molecule has 3 aromatic rings. The standard InChI is InChI=1S/C24H29N5OS/c1-27(2)14-8-16-29-23(22(26-24(29)31)20-11-4-5-13-25-20)21-12-7-15-28(21)18-9-6-10-19(17-18)30-3/h4-7,9-13,15,17,22-23H,8,14,16H2,1-3H3,(H,26,31)/t22-,23-/m1/s1. The van der Waals surface area contributed by atoms with Crippen molar-refractivity contribution in [3.63, 3.8) is 0 Å². The van der Waals surface area contributed by atoms with Crippen molar-refractivity contribution in [2.45, 2.75) is 18.5 Å². The molecule has 0 saturated carbocycles. The highest BCUT2D eigenvalue weighted by molar-refractivity contribution is 7.80. The van der Waals surface area contributed by atoms with E-state index < -0.39 is 0 Å². The number of methoxy groups -OCH3 is 1. The van der Waals surface area contributed by atoms with Crippen LogP contribution in [0.25, 0.3) is 5.69 Å². The highest BCUT2D eigenvalue weighted by atomic mass is 32.1. The monoisotopic (exact) mass is 435 g/mol. The second-order valence-corrected chi connectivity index (χ2v) is 8.37. The third-order valence-corrected chi connectivity index (χ3v) is 5.97. The fraction of sp³-hybridized carbons (Fsp3) is 0.333. The van der Waals surface area contributed by atoms with Crippen LogP contribution in [-0.2, 0) is 0 Å². The number of benzene rings is 1. The van der Waals surface area contributed by atoms with Crippen molar-refractivity contribution in [3.8, 4) is 11.4 Å². The molecule has 1 aliphatic rings. The molecule has 31 heavy (non-hydrogen) atoms. The van der Waals surface area contributed by atoms with E-state index in [1.165, 1.54) is 5.69 Å². The van der Waals surface area contributed by atoms with Gasteiger partial charge in [-0.25, -0.2) is 0 Å². The fourth-order valence-electron chi connectivity index (χ4n) is 4.16. The summed E-state index contributed by atoms with van der Waals surface area (Å²) in [5, 5.41) is 4.32. The highest BCUT2D eigenvalue weighted by Crippen LogP contribution is 2.39. The molecular formula is C24H29N5OS. The minimum absolute atomic E-state index is 0.0210. The third-order valence-electron chi connectivity index (χ3n) is 5.62. The zero-order chi connectivity index (χ0) is 21.8. The van der Waals surface area contributed by atoms with Crippen molar-refractivity contribution >= 4 is 17.3 Å². The van der Waals surface area contributed by atoms with Crippen molar-refractivity contribution in [3.05, 3.63) is 78.4 Å². The molecule has 3 heterocycles. The molecule has 0 spiro atoms. The molecule has 1 aliphatic heterocycles. The molecular weight excluding hydrogens is 406 g/mol. The molecule has 0 unspecified atom stereocenters. The van der Waals surface area contributed by atoms with Gasteiger partial charge in [0.25, 0.3) is 0 Å². The Morgan fingerprint density at radius 1 is 1.13 bits per heavy atom. The SMILES string of the molecule is COc1cccc(-n2cccc2[C@@H]2[C@@H](c3ccccn3)NC(=S)N2CCCN(C)C)c1. The summed E-state index contributed by atoms with van der Waals surface area (Å²) in [4.78, 5) is 9.16. The van der Waals surface area contributed by atoms with Gasteiger partial charge in [-0.2, -0.15) is 0 Å². The molecule has 2 aromatic heterocycles. The van der Waals surface area contributed by atoms with E-state index in [0.717, 1.165) is 41.8 Å². The van der Waals surface area contributed by atoms with Crippen LogP contribution in [0.1, 0.15) is 29.9 Å². The molecule has 1 N–H and O–H groups in total. The summed E-state index contributed by atoms with van der Waals surface area (Å²) in [7, 11) is 5.89. The topological polar surface area (TPSA) is 45.6 Å². The van der Waals surface area contributed by atoms with Gasteiger partial charge in [0, 0.05) is 36.4 Å². The van der Waals surface area contributed by atoms with Gasteiger partial charge in [-0.1, -0.05) is 12.1 Å². The number of hydrogen-bond donors (Lipinski definition) is 1. The van der Waals surface area contributed by atoms with Crippen LogP contribution in [0.15, 0.2) is 67.0 Å². The van der Waals surface area contributed by atoms with Gasteiger partial charge in [0.15, 0.2) is 5.11 Å². The Labute approximate surface area is 189 Å². The molecule has 1 saturated heterocycles. The van der Waals surface area contributed by atoms with Crippen LogP contribution in [0.5, 0.6) is 5.75 Å². The molecule has 6 nitrogen and oxygen atoms in total. The summed E-state index contributed by atoms with van der Waals surface area (Å²) in [5.74, 6) is 0.835. The summed E-state index contributed by atoms with van der Waals surface area (Å²) in [6.45, 7) is 1.89. The van der Waals surface area contributed by atoms with Crippen LogP contribution in [0.3, 0.4) is 0 Å². The van der Waals surface area contributed by atoms with Crippen molar-refractivity contribution in [2.75, 3.05) is 34.3 Å². The predicted octanol–water partition coefficient (Wildman–Crippen LogP) is 3.81. The Hall–Kier alpha value is -2.90. The predicted molar refractivity (Wildman–Crippen MR) is 128 cm³/mol.